The van der Waals surface area contributed by atoms with E-state index in [2.05, 4.69) is 14.8 Å². The van der Waals surface area contributed by atoms with Gasteiger partial charge < -0.3 is 9.47 Å². The summed E-state index contributed by atoms with van der Waals surface area (Å²) in [7, 11) is 1.31. The number of nitrogens with zero attached hydrogens (tertiary/aromatic N) is 3. The zero-order valence-corrected chi connectivity index (χ0v) is 11.7. The molecule has 2 aromatic heterocycles. The van der Waals surface area contributed by atoms with E-state index in [1.165, 1.54) is 23.8 Å². The molecule has 7 heteroatoms. The van der Waals surface area contributed by atoms with Crippen molar-refractivity contribution in [2.45, 2.75) is 6.61 Å². The van der Waals surface area contributed by atoms with Gasteiger partial charge in [0.2, 0.25) is 0 Å². The first-order chi connectivity index (χ1) is 10.7. The highest BCUT2D eigenvalue weighted by molar-refractivity contribution is 5.90. The topological polar surface area (TPSA) is 65.7 Å². The molecule has 1 aromatic carbocycles. The van der Waals surface area contributed by atoms with Crippen molar-refractivity contribution in [2.75, 3.05) is 7.11 Å². The van der Waals surface area contributed by atoms with Crippen LogP contribution in [0.1, 0.15) is 16.2 Å². The standard InChI is InChI=1S/C15H12FN3O3/c1-21-15(20)10-5-6-19-14(7-10)17-13(18-19)9-22-12-4-2-3-11(16)8-12/h2-8H,9H2,1H3. The van der Waals surface area contributed by atoms with Crippen LogP contribution < -0.4 is 4.74 Å². The summed E-state index contributed by atoms with van der Waals surface area (Å²) in [5, 5.41) is 4.21. The number of ether oxygens (including phenoxy) is 2. The van der Waals surface area contributed by atoms with Crippen molar-refractivity contribution < 1.29 is 18.7 Å². The second kappa shape index (κ2) is 5.80. The van der Waals surface area contributed by atoms with E-state index in [4.69, 9.17) is 4.74 Å². The molecule has 0 unspecified atom stereocenters. The highest BCUT2D eigenvalue weighted by Crippen LogP contribution is 2.14. The molecular formula is C15H12FN3O3. The van der Waals surface area contributed by atoms with E-state index >= 15 is 0 Å². The summed E-state index contributed by atoms with van der Waals surface area (Å²) in [5.41, 5.74) is 0.890. The molecule has 6 nitrogen and oxygen atoms in total. The molecule has 0 aliphatic heterocycles. The minimum atomic E-state index is -0.442. The molecule has 0 saturated carbocycles. The Morgan fingerprint density at radius 2 is 2.18 bits per heavy atom. The van der Waals surface area contributed by atoms with E-state index in [1.54, 1.807) is 30.5 Å². The van der Waals surface area contributed by atoms with Crippen LogP contribution in [0, 0.1) is 5.82 Å². The number of rotatable bonds is 4. The summed E-state index contributed by atoms with van der Waals surface area (Å²) in [6.45, 7) is 0.0959. The van der Waals surface area contributed by atoms with Crippen LogP contribution in [0.4, 0.5) is 4.39 Å². The number of benzene rings is 1. The van der Waals surface area contributed by atoms with Gasteiger partial charge in [-0.1, -0.05) is 6.07 Å². The SMILES string of the molecule is COC(=O)c1ccn2nc(COc3cccc(F)c3)nc2c1. The number of esters is 1. The molecule has 0 atom stereocenters. The minimum absolute atomic E-state index is 0.0959. The first kappa shape index (κ1) is 14.0. The number of pyridine rings is 1. The summed E-state index contributed by atoms with van der Waals surface area (Å²) >= 11 is 0. The maximum atomic E-state index is 13.1. The molecule has 0 amide bonds. The second-order valence-corrected chi connectivity index (χ2v) is 4.48. The van der Waals surface area contributed by atoms with Crippen molar-refractivity contribution in [2.24, 2.45) is 0 Å². The quantitative estimate of drug-likeness (QED) is 0.691. The Kier molecular flexibility index (Phi) is 3.69. The number of methoxy groups -OCH3 is 1. The fourth-order valence-corrected chi connectivity index (χ4v) is 1.94. The number of fused-ring (bicyclic) bond motifs is 1. The second-order valence-electron chi connectivity index (χ2n) is 4.48. The lowest BCUT2D eigenvalue weighted by molar-refractivity contribution is 0.0600. The Morgan fingerprint density at radius 3 is 2.95 bits per heavy atom. The van der Waals surface area contributed by atoms with Gasteiger partial charge >= 0.3 is 5.97 Å². The smallest absolute Gasteiger partial charge is 0.338 e. The summed E-state index contributed by atoms with van der Waals surface area (Å²) in [5.74, 6) is 0.00613. The van der Waals surface area contributed by atoms with E-state index in [1.807, 2.05) is 0 Å². The number of halogens is 1. The van der Waals surface area contributed by atoms with Crippen molar-refractivity contribution in [3.05, 3.63) is 59.8 Å². The van der Waals surface area contributed by atoms with Gasteiger partial charge in [-0.3, -0.25) is 0 Å². The van der Waals surface area contributed by atoms with Crippen LogP contribution in [0.3, 0.4) is 0 Å². The van der Waals surface area contributed by atoms with Crippen molar-refractivity contribution in [1.29, 1.82) is 0 Å². The highest BCUT2D eigenvalue weighted by Gasteiger charge is 2.10. The molecule has 0 bridgehead atoms. The van der Waals surface area contributed by atoms with Gasteiger partial charge in [-0.2, -0.15) is 0 Å². The Hall–Kier alpha value is -2.96. The third-order valence-electron chi connectivity index (χ3n) is 2.97. The zero-order chi connectivity index (χ0) is 15.5. The molecule has 22 heavy (non-hydrogen) atoms. The summed E-state index contributed by atoms with van der Waals surface area (Å²) in [4.78, 5) is 15.7. The fraction of sp³-hybridized carbons (Fsp3) is 0.133. The van der Waals surface area contributed by atoms with Gasteiger partial charge in [0.1, 0.15) is 18.2 Å². The highest BCUT2D eigenvalue weighted by atomic mass is 19.1. The molecule has 0 aliphatic carbocycles. The van der Waals surface area contributed by atoms with Crippen molar-refractivity contribution in [3.63, 3.8) is 0 Å². The number of carbonyl (C=O) groups is 1. The van der Waals surface area contributed by atoms with Crippen LogP contribution >= 0.6 is 0 Å². The molecule has 3 rings (SSSR count). The molecule has 0 fully saturated rings. The van der Waals surface area contributed by atoms with Crippen LogP contribution in [-0.4, -0.2) is 27.7 Å². The monoisotopic (exact) mass is 301 g/mol. The summed E-state index contributed by atoms with van der Waals surface area (Å²) < 4.78 is 24.7. The molecule has 2 heterocycles. The van der Waals surface area contributed by atoms with Gasteiger partial charge in [-0.05, 0) is 24.3 Å². The predicted molar refractivity (Wildman–Crippen MR) is 75.1 cm³/mol. The minimum Gasteiger partial charge on any atom is -0.485 e. The van der Waals surface area contributed by atoms with Crippen molar-refractivity contribution >= 4 is 11.6 Å². The summed E-state index contributed by atoms with van der Waals surface area (Å²) in [6, 6.07) is 8.99. The molecule has 0 aliphatic rings. The van der Waals surface area contributed by atoms with E-state index in [9.17, 15) is 9.18 Å². The van der Waals surface area contributed by atoms with Gasteiger partial charge in [0.15, 0.2) is 11.5 Å². The molecule has 3 aromatic rings. The van der Waals surface area contributed by atoms with Crippen LogP contribution in [-0.2, 0) is 11.3 Å². The first-order valence-electron chi connectivity index (χ1n) is 6.48. The van der Waals surface area contributed by atoms with Gasteiger partial charge in [0.05, 0.1) is 12.7 Å². The van der Waals surface area contributed by atoms with Gasteiger partial charge in [0.25, 0.3) is 0 Å². The first-order valence-corrected chi connectivity index (χ1v) is 6.48. The molecular weight excluding hydrogens is 289 g/mol. The number of hydrogen-bond donors (Lipinski definition) is 0. The lowest BCUT2D eigenvalue weighted by atomic mass is 10.3. The van der Waals surface area contributed by atoms with Crippen LogP contribution in [0.5, 0.6) is 5.75 Å². The number of aromatic nitrogens is 3. The van der Waals surface area contributed by atoms with Gasteiger partial charge in [-0.25, -0.2) is 18.7 Å². The van der Waals surface area contributed by atoms with E-state index in [0.29, 0.717) is 22.8 Å². The largest absolute Gasteiger partial charge is 0.485 e. The van der Waals surface area contributed by atoms with E-state index in [-0.39, 0.29) is 12.4 Å². The number of hydrogen-bond acceptors (Lipinski definition) is 5. The maximum Gasteiger partial charge on any atom is 0.338 e. The Labute approximate surface area is 125 Å². The molecule has 0 N–H and O–H groups in total. The zero-order valence-electron chi connectivity index (χ0n) is 11.7. The third kappa shape index (κ3) is 2.88. The summed E-state index contributed by atoms with van der Waals surface area (Å²) in [6.07, 6.45) is 1.61. The molecule has 112 valence electrons. The van der Waals surface area contributed by atoms with E-state index in [0.717, 1.165) is 0 Å². The third-order valence-corrected chi connectivity index (χ3v) is 2.97. The van der Waals surface area contributed by atoms with Crippen molar-refractivity contribution in [1.82, 2.24) is 14.6 Å². The van der Waals surface area contributed by atoms with Gasteiger partial charge in [0, 0.05) is 12.3 Å². The molecule has 0 spiro atoms. The Balaban J connectivity index is 1.78. The predicted octanol–water partition coefficient (Wildman–Crippen LogP) is 2.23. The fourth-order valence-electron chi connectivity index (χ4n) is 1.94. The molecule has 0 saturated heterocycles. The van der Waals surface area contributed by atoms with Gasteiger partial charge in [-0.15, -0.1) is 5.10 Å². The average Bonchev–Trinajstić information content (AvgIpc) is 2.94. The van der Waals surface area contributed by atoms with Crippen LogP contribution in [0.15, 0.2) is 42.6 Å². The van der Waals surface area contributed by atoms with E-state index < -0.39 is 5.97 Å². The normalized spacial score (nSPS) is 10.6. The molecule has 0 radical (unpaired) electrons. The van der Waals surface area contributed by atoms with Crippen LogP contribution in [0.25, 0.3) is 5.65 Å². The number of carbonyl (C=O) groups excluding carboxylic acids is 1. The Morgan fingerprint density at radius 1 is 1.32 bits per heavy atom. The average molecular weight is 301 g/mol. The lowest BCUT2D eigenvalue weighted by Gasteiger charge is -2.02. The van der Waals surface area contributed by atoms with Crippen molar-refractivity contribution in [3.8, 4) is 5.75 Å². The Bertz CT molecular complexity index is 832. The van der Waals surface area contributed by atoms with Crippen LogP contribution in [0.2, 0.25) is 0 Å². The maximum absolute atomic E-state index is 13.1. The lowest BCUT2D eigenvalue weighted by Crippen LogP contribution is -2.02.